The molecule has 4 amide bonds. The largest absolute Gasteiger partial charge is 0.350 e. The number of carbonyl (C=O) groups is 3. The average molecular weight is 441 g/mol. The summed E-state index contributed by atoms with van der Waals surface area (Å²) in [6.45, 7) is 5.22. The number of nitrogens with one attached hydrogen (secondary N) is 2. The third kappa shape index (κ3) is 5.14. The maximum Gasteiger partial charge on any atom is 0.324 e. The molecule has 2 N–H and O–H groups in total. The van der Waals surface area contributed by atoms with Crippen molar-refractivity contribution in [3.63, 3.8) is 0 Å². The number of thiophene rings is 1. The summed E-state index contributed by atoms with van der Waals surface area (Å²) < 4.78 is 0. The van der Waals surface area contributed by atoms with Crippen LogP contribution in [-0.4, -0.2) is 53.8 Å². The Labute approximate surface area is 186 Å². The number of hydrogen-bond donors (Lipinski definition) is 2. The standard InChI is InChI=1S/C23H28N4O3S/c1-16-8-10-26(11-9-16)19(20-3-2-12-31-20)13-24-22(29)18-6-4-17(5-7-18)15-27-21(28)14-25-23(27)30/h2-7,12,16,19H,8-11,13-15H2,1H3,(H,24,29)(H,25,30). The fourth-order valence-electron chi connectivity index (χ4n) is 4.08. The third-order valence-corrected chi connectivity index (χ3v) is 7.05. The molecule has 2 aliphatic rings. The molecule has 1 aromatic heterocycles. The second-order valence-electron chi connectivity index (χ2n) is 8.30. The van der Waals surface area contributed by atoms with Crippen molar-refractivity contribution in [1.29, 1.82) is 0 Å². The van der Waals surface area contributed by atoms with Crippen LogP contribution in [0.25, 0.3) is 0 Å². The summed E-state index contributed by atoms with van der Waals surface area (Å²) in [4.78, 5) is 41.1. The number of nitrogens with zero attached hydrogens (tertiary/aromatic N) is 2. The van der Waals surface area contributed by atoms with Crippen molar-refractivity contribution in [2.75, 3.05) is 26.2 Å². The molecule has 2 aliphatic heterocycles. The molecule has 1 unspecified atom stereocenters. The Bertz CT molecular complexity index is 905. The number of imide groups is 1. The van der Waals surface area contributed by atoms with Crippen molar-refractivity contribution >= 4 is 29.2 Å². The molecule has 4 rings (SSSR count). The number of amides is 4. The highest BCUT2D eigenvalue weighted by Gasteiger charge is 2.28. The molecule has 2 saturated heterocycles. The van der Waals surface area contributed by atoms with Crippen LogP contribution < -0.4 is 10.6 Å². The Morgan fingerprint density at radius 1 is 1.19 bits per heavy atom. The molecular weight excluding hydrogens is 412 g/mol. The van der Waals surface area contributed by atoms with Gasteiger partial charge in [-0.25, -0.2) is 4.79 Å². The number of rotatable bonds is 7. The summed E-state index contributed by atoms with van der Waals surface area (Å²) in [6.07, 6.45) is 2.38. The Morgan fingerprint density at radius 3 is 2.55 bits per heavy atom. The zero-order valence-corrected chi connectivity index (χ0v) is 18.5. The van der Waals surface area contributed by atoms with E-state index >= 15 is 0 Å². The molecule has 164 valence electrons. The highest BCUT2D eigenvalue weighted by atomic mass is 32.1. The minimum absolute atomic E-state index is 0.0423. The fraction of sp³-hybridized carbons (Fsp3) is 0.435. The third-order valence-electron chi connectivity index (χ3n) is 6.08. The monoisotopic (exact) mass is 440 g/mol. The fourth-order valence-corrected chi connectivity index (χ4v) is 4.94. The van der Waals surface area contributed by atoms with Gasteiger partial charge >= 0.3 is 6.03 Å². The van der Waals surface area contributed by atoms with Gasteiger partial charge in [-0.05, 0) is 61.0 Å². The maximum atomic E-state index is 12.8. The molecule has 3 heterocycles. The van der Waals surface area contributed by atoms with Crippen LogP contribution in [0.2, 0.25) is 0 Å². The van der Waals surface area contributed by atoms with Crippen LogP contribution in [0, 0.1) is 5.92 Å². The molecule has 1 aromatic carbocycles. The van der Waals surface area contributed by atoms with Crippen LogP contribution in [0.1, 0.15) is 46.6 Å². The van der Waals surface area contributed by atoms with Crippen LogP contribution in [0.15, 0.2) is 41.8 Å². The molecular formula is C23H28N4O3S. The lowest BCUT2D eigenvalue weighted by Gasteiger charge is -2.36. The summed E-state index contributed by atoms with van der Waals surface area (Å²) in [5, 5.41) is 7.69. The number of urea groups is 1. The van der Waals surface area contributed by atoms with E-state index in [0.717, 1.165) is 24.6 Å². The molecule has 2 aromatic rings. The number of hydrogen-bond acceptors (Lipinski definition) is 5. The molecule has 1 atom stereocenters. The maximum absolute atomic E-state index is 12.8. The molecule has 0 aliphatic carbocycles. The average Bonchev–Trinajstić information content (AvgIpc) is 3.41. The lowest BCUT2D eigenvalue weighted by atomic mass is 9.97. The van der Waals surface area contributed by atoms with Crippen molar-refractivity contribution in [1.82, 2.24) is 20.4 Å². The molecule has 0 bridgehead atoms. The first-order valence-electron chi connectivity index (χ1n) is 10.7. The van der Waals surface area contributed by atoms with Gasteiger partial charge in [0.2, 0.25) is 5.91 Å². The highest BCUT2D eigenvalue weighted by molar-refractivity contribution is 7.10. The van der Waals surface area contributed by atoms with Gasteiger partial charge in [0.1, 0.15) is 0 Å². The Balaban J connectivity index is 1.36. The van der Waals surface area contributed by atoms with Gasteiger partial charge < -0.3 is 10.6 Å². The van der Waals surface area contributed by atoms with Crippen molar-refractivity contribution in [2.45, 2.75) is 32.4 Å². The van der Waals surface area contributed by atoms with Crippen LogP contribution in [0.3, 0.4) is 0 Å². The van der Waals surface area contributed by atoms with Crippen molar-refractivity contribution in [3.05, 3.63) is 57.8 Å². The number of carbonyl (C=O) groups excluding carboxylic acids is 3. The van der Waals surface area contributed by atoms with E-state index in [0.29, 0.717) is 12.1 Å². The van der Waals surface area contributed by atoms with Gasteiger partial charge in [0, 0.05) is 17.0 Å². The quantitative estimate of drug-likeness (QED) is 0.649. The summed E-state index contributed by atoms with van der Waals surface area (Å²) >= 11 is 1.73. The van der Waals surface area contributed by atoms with Gasteiger partial charge in [0.05, 0.1) is 19.1 Å². The number of benzene rings is 1. The molecule has 2 fully saturated rings. The Hall–Kier alpha value is -2.71. The van der Waals surface area contributed by atoms with E-state index in [1.54, 1.807) is 35.6 Å². The first-order valence-corrected chi connectivity index (χ1v) is 11.6. The number of piperidine rings is 1. The first-order chi connectivity index (χ1) is 15.0. The summed E-state index contributed by atoms with van der Waals surface area (Å²) in [6, 6.07) is 11.1. The van der Waals surface area contributed by atoms with E-state index in [2.05, 4.69) is 40.0 Å². The van der Waals surface area contributed by atoms with Crippen LogP contribution in [0.5, 0.6) is 0 Å². The van der Waals surface area contributed by atoms with E-state index in [9.17, 15) is 14.4 Å². The second kappa shape index (κ2) is 9.62. The minimum atomic E-state index is -0.376. The minimum Gasteiger partial charge on any atom is -0.350 e. The normalized spacial score (nSPS) is 18.8. The van der Waals surface area contributed by atoms with E-state index in [1.165, 1.54) is 22.6 Å². The Kier molecular flexibility index (Phi) is 6.67. The van der Waals surface area contributed by atoms with E-state index in [4.69, 9.17) is 0 Å². The van der Waals surface area contributed by atoms with Gasteiger partial charge in [-0.3, -0.25) is 19.4 Å². The van der Waals surface area contributed by atoms with Crippen molar-refractivity contribution in [3.8, 4) is 0 Å². The molecule has 31 heavy (non-hydrogen) atoms. The molecule has 0 spiro atoms. The smallest absolute Gasteiger partial charge is 0.324 e. The zero-order valence-electron chi connectivity index (χ0n) is 17.7. The Morgan fingerprint density at radius 2 is 1.94 bits per heavy atom. The second-order valence-corrected chi connectivity index (χ2v) is 9.27. The van der Waals surface area contributed by atoms with Crippen LogP contribution >= 0.6 is 11.3 Å². The van der Waals surface area contributed by atoms with Gasteiger partial charge in [-0.15, -0.1) is 11.3 Å². The van der Waals surface area contributed by atoms with Crippen molar-refractivity contribution < 1.29 is 14.4 Å². The summed E-state index contributed by atoms with van der Waals surface area (Å²) in [5.74, 6) is 0.405. The molecule has 7 nitrogen and oxygen atoms in total. The summed E-state index contributed by atoms with van der Waals surface area (Å²) in [7, 11) is 0. The van der Waals surface area contributed by atoms with E-state index in [1.807, 2.05) is 0 Å². The van der Waals surface area contributed by atoms with Gasteiger partial charge in [0.15, 0.2) is 0 Å². The topological polar surface area (TPSA) is 81.8 Å². The zero-order chi connectivity index (χ0) is 21.8. The van der Waals surface area contributed by atoms with Gasteiger partial charge in [0.25, 0.3) is 5.91 Å². The van der Waals surface area contributed by atoms with Gasteiger partial charge in [-0.2, -0.15) is 0 Å². The van der Waals surface area contributed by atoms with E-state index in [-0.39, 0.29) is 37.0 Å². The summed E-state index contributed by atoms with van der Waals surface area (Å²) in [5.41, 5.74) is 1.37. The SMILES string of the molecule is CC1CCN(C(CNC(=O)c2ccc(CN3C(=O)CNC3=O)cc2)c2cccs2)CC1. The molecule has 0 saturated carbocycles. The lowest BCUT2D eigenvalue weighted by molar-refractivity contribution is -0.125. The number of likely N-dealkylation sites (tertiary alicyclic amines) is 1. The highest BCUT2D eigenvalue weighted by Crippen LogP contribution is 2.29. The predicted molar refractivity (Wildman–Crippen MR) is 120 cm³/mol. The predicted octanol–water partition coefficient (Wildman–Crippen LogP) is 3.00. The van der Waals surface area contributed by atoms with Crippen molar-refractivity contribution in [2.24, 2.45) is 5.92 Å². The molecule has 8 heteroatoms. The van der Waals surface area contributed by atoms with E-state index < -0.39 is 0 Å². The molecule has 0 radical (unpaired) electrons. The lowest BCUT2D eigenvalue weighted by Crippen LogP contribution is -2.41. The van der Waals surface area contributed by atoms with Gasteiger partial charge in [-0.1, -0.05) is 25.1 Å². The van der Waals surface area contributed by atoms with Crippen LogP contribution in [0.4, 0.5) is 4.79 Å². The first kappa shape index (κ1) is 21.5. The van der Waals surface area contributed by atoms with Crippen LogP contribution in [-0.2, 0) is 11.3 Å².